The van der Waals surface area contributed by atoms with Gasteiger partial charge >= 0.3 is 6.18 Å². The van der Waals surface area contributed by atoms with E-state index in [2.05, 4.69) is 5.32 Å². The summed E-state index contributed by atoms with van der Waals surface area (Å²) in [5.41, 5.74) is 5.82. The molecule has 2 rings (SSSR count). The van der Waals surface area contributed by atoms with Crippen molar-refractivity contribution < 1.29 is 13.2 Å². The monoisotopic (exact) mass is 292 g/mol. The van der Waals surface area contributed by atoms with Crippen molar-refractivity contribution >= 4 is 11.6 Å². The van der Waals surface area contributed by atoms with Gasteiger partial charge in [0, 0.05) is 11.1 Å². The molecule has 1 heterocycles. The summed E-state index contributed by atoms with van der Waals surface area (Å²) in [4.78, 5) is 0. The predicted octanol–water partition coefficient (Wildman–Crippen LogP) is 3.36. The van der Waals surface area contributed by atoms with Gasteiger partial charge in [-0.25, -0.2) is 0 Å². The molecule has 0 unspecified atom stereocenters. The van der Waals surface area contributed by atoms with E-state index >= 15 is 0 Å². The van der Waals surface area contributed by atoms with E-state index in [-0.39, 0.29) is 10.9 Å². The van der Waals surface area contributed by atoms with E-state index in [1.54, 1.807) is 0 Å². The summed E-state index contributed by atoms with van der Waals surface area (Å²) >= 11 is 5.77. The molecule has 2 nitrogen and oxygen atoms in total. The molecule has 0 bridgehead atoms. The molecular weight excluding hydrogens is 277 g/mol. The second-order valence-corrected chi connectivity index (χ2v) is 5.32. The number of piperidine rings is 1. The van der Waals surface area contributed by atoms with Crippen LogP contribution in [0.25, 0.3) is 0 Å². The van der Waals surface area contributed by atoms with Gasteiger partial charge < -0.3 is 11.1 Å². The SMILES string of the molecule is N[C@@H](c1cc(Cl)cc(C(F)(F)F)c1)C1CCNCC1. The molecule has 0 spiro atoms. The van der Waals surface area contributed by atoms with E-state index in [1.165, 1.54) is 6.07 Å². The second-order valence-electron chi connectivity index (χ2n) is 4.88. The number of hydrogen-bond acceptors (Lipinski definition) is 2. The van der Waals surface area contributed by atoms with Gasteiger partial charge in [-0.3, -0.25) is 0 Å². The van der Waals surface area contributed by atoms with Gasteiger partial charge in [-0.2, -0.15) is 13.2 Å². The van der Waals surface area contributed by atoms with Crippen LogP contribution >= 0.6 is 11.6 Å². The zero-order valence-electron chi connectivity index (χ0n) is 10.3. The Hall–Kier alpha value is -0.780. The van der Waals surface area contributed by atoms with E-state index in [0.29, 0.717) is 5.56 Å². The maximum atomic E-state index is 12.7. The molecule has 0 amide bonds. The van der Waals surface area contributed by atoms with Crippen molar-refractivity contribution in [2.24, 2.45) is 11.7 Å². The Kier molecular flexibility index (Phi) is 4.38. The van der Waals surface area contributed by atoms with Crippen molar-refractivity contribution in [2.75, 3.05) is 13.1 Å². The smallest absolute Gasteiger partial charge is 0.324 e. The van der Waals surface area contributed by atoms with Gasteiger partial charge in [0.15, 0.2) is 0 Å². The number of benzene rings is 1. The molecular formula is C13H16ClF3N2. The fourth-order valence-corrected chi connectivity index (χ4v) is 2.69. The van der Waals surface area contributed by atoms with E-state index in [0.717, 1.165) is 38.1 Å². The lowest BCUT2D eigenvalue weighted by atomic mass is 9.86. The van der Waals surface area contributed by atoms with Gasteiger partial charge in [0.05, 0.1) is 5.56 Å². The molecule has 0 saturated carbocycles. The van der Waals surface area contributed by atoms with E-state index < -0.39 is 17.8 Å². The highest BCUT2D eigenvalue weighted by molar-refractivity contribution is 6.30. The number of halogens is 4. The van der Waals surface area contributed by atoms with Crippen molar-refractivity contribution in [3.63, 3.8) is 0 Å². The van der Waals surface area contributed by atoms with Gasteiger partial charge in [-0.1, -0.05) is 11.6 Å². The van der Waals surface area contributed by atoms with Crippen LogP contribution in [0.5, 0.6) is 0 Å². The average Bonchev–Trinajstić information content (AvgIpc) is 2.37. The number of nitrogens with one attached hydrogen (secondary N) is 1. The molecule has 0 radical (unpaired) electrons. The lowest BCUT2D eigenvalue weighted by Gasteiger charge is -2.28. The van der Waals surface area contributed by atoms with Gasteiger partial charge in [-0.15, -0.1) is 0 Å². The van der Waals surface area contributed by atoms with Crippen molar-refractivity contribution in [1.82, 2.24) is 5.32 Å². The normalized spacial score (nSPS) is 19.4. The molecule has 0 aliphatic carbocycles. The minimum absolute atomic E-state index is 0.0780. The number of rotatable bonds is 2. The van der Waals surface area contributed by atoms with E-state index in [4.69, 9.17) is 17.3 Å². The predicted molar refractivity (Wildman–Crippen MR) is 69.0 cm³/mol. The molecule has 1 aromatic rings. The zero-order chi connectivity index (χ0) is 14.0. The Morgan fingerprint density at radius 3 is 2.42 bits per heavy atom. The summed E-state index contributed by atoms with van der Waals surface area (Å²) in [6.45, 7) is 1.70. The third kappa shape index (κ3) is 3.61. The quantitative estimate of drug-likeness (QED) is 0.877. The topological polar surface area (TPSA) is 38.0 Å². The summed E-state index contributed by atoms with van der Waals surface area (Å²) in [6, 6.07) is 3.17. The standard InChI is InChI=1S/C13H16ClF3N2/c14-11-6-9(5-10(7-11)13(15,16)17)12(18)8-1-3-19-4-2-8/h5-8,12,19H,1-4,18H2/t12-/m1/s1. The maximum absolute atomic E-state index is 12.7. The molecule has 1 saturated heterocycles. The fourth-order valence-electron chi connectivity index (χ4n) is 2.44. The average molecular weight is 293 g/mol. The Bertz CT molecular complexity index is 442. The van der Waals surface area contributed by atoms with Crippen molar-refractivity contribution in [1.29, 1.82) is 0 Å². The molecule has 1 aromatic carbocycles. The van der Waals surface area contributed by atoms with Crippen LogP contribution in [-0.4, -0.2) is 13.1 Å². The van der Waals surface area contributed by atoms with E-state index in [1.807, 2.05) is 0 Å². The van der Waals surface area contributed by atoms with E-state index in [9.17, 15) is 13.2 Å². The van der Waals surface area contributed by atoms with Crippen molar-refractivity contribution in [2.45, 2.75) is 25.1 Å². The Morgan fingerprint density at radius 1 is 1.21 bits per heavy atom. The van der Waals surface area contributed by atoms with Crippen LogP contribution in [0.4, 0.5) is 13.2 Å². The minimum Gasteiger partial charge on any atom is -0.324 e. The van der Waals surface area contributed by atoms with Crippen molar-refractivity contribution in [3.8, 4) is 0 Å². The summed E-state index contributed by atoms with van der Waals surface area (Å²) in [6.07, 6.45) is -2.66. The van der Waals surface area contributed by atoms with Crippen LogP contribution in [0.2, 0.25) is 5.02 Å². The first-order valence-corrected chi connectivity index (χ1v) is 6.59. The van der Waals surface area contributed by atoms with Crippen LogP contribution in [0.1, 0.15) is 30.0 Å². The summed E-state index contributed by atoms with van der Waals surface area (Å²) < 4.78 is 38.2. The van der Waals surface area contributed by atoms with Crippen LogP contribution in [0.15, 0.2) is 18.2 Å². The third-order valence-corrected chi connectivity index (χ3v) is 3.74. The molecule has 19 heavy (non-hydrogen) atoms. The Morgan fingerprint density at radius 2 is 1.84 bits per heavy atom. The molecule has 1 atom stereocenters. The zero-order valence-corrected chi connectivity index (χ0v) is 11.1. The van der Waals surface area contributed by atoms with Crippen LogP contribution in [0, 0.1) is 5.92 Å². The van der Waals surface area contributed by atoms with Gasteiger partial charge in [0.2, 0.25) is 0 Å². The van der Waals surface area contributed by atoms with Crippen LogP contribution < -0.4 is 11.1 Å². The molecule has 0 aromatic heterocycles. The first-order chi connectivity index (χ1) is 8.88. The van der Waals surface area contributed by atoms with Gasteiger partial charge in [-0.05, 0) is 55.6 Å². The first kappa shape index (κ1) is 14.6. The lowest BCUT2D eigenvalue weighted by molar-refractivity contribution is -0.137. The number of alkyl halides is 3. The highest BCUT2D eigenvalue weighted by Gasteiger charge is 2.32. The Balaban J connectivity index is 2.26. The minimum atomic E-state index is -4.40. The summed E-state index contributed by atoms with van der Waals surface area (Å²) in [7, 11) is 0. The highest BCUT2D eigenvalue weighted by atomic mass is 35.5. The maximum Gasteiger partial charge on any atom is 0.416 e. The molecule has 106 valence electrons. The molecule has 1 aliphatic heterocycles. The van der Waals surface area contributed by atoms with Crippen LogP contribution in [0.3, 0.4) is 0 Å². The fraction of sp³-hybridized carbons (Fsp3) is 0.538. The van der Waals surface area contributed by atoms with Gasteiger partial charge in [0.1, 0.15) is 0 Å². The lowest BCUT2D eigenvalue weighted by Crippen LogP contribution is -2.33. The molecule has 1 fully saturated rings. The summed E-state index contributed by atoms with van der Waals surface area (Å²) in [5, 5.41) is 3.28. The Labute approximate surface area is 115 Å². The van der Waals surface area contributed by atoms with Gasteiger partial charge in [0.25, 0.3) is 0 Å². The number of hydrogen-bond donors (Lipinski definition) is 2. The largest absolute Gasteiger partial charge is 0.416 e. The number of nitrogens with two attached hydrogens (primary N) is 1. The van der Waals surface area contributed by atoms with Crippen molar-refractivity contribution in [3.05, 3.63) is 34.3 Å². The molecule has 1 aliphatic rings. The summed E-state index contributed by atoms with van der Waals surface area (Å²) in [5.74, 6) is 0.195. The first-order valence-electron chi connectivity index (χ1n) is 6.22. The van der Waals surface area contributed by atoms with Crippen LogP contribution in [-0.2, 0) is 6.18 Å². The third-order valence-electron chi connectivity index (χ3n) is 3.52. The molecule has 3 N–H and O–H groups in total. The highest BCUT2D eigenvalue weighted by Crippen LogP contribution is 2.35. The second kappa shape index (κ2) is 5.69. The molecule has 6 heteroatoms.